The number of fused-ring (bicyclic) bond motifs is 1. The highest BCUT2D eigenvalue weighted by atomic mass is 32.1. The van der Waals surface area contributed by atoms with Crippen LogP contribution >= 0.6 is 11.3 Å². The van der Waals surface area contributed by atoms with E-state index in [2.05, 4.69) is 55.0 Å². The van der Waals surface area contributed by atoms with E-state index in [0.29, 0.717) is 10.6 Å². The number of hydrogen-bond acceptors (Lipinski definition) is 4. The van der Waals surface area contributed by atoms with Crippen LogP contribution < -0.4 is 10.5 Å². The molecule has 0 unspecified atom stereocenters. The third-order valence-corrected chi connectivity index (χ3v) is 4.94. The lowest BCUT2D eigenvalue weighted by Gasteiger charge is -2.18. The molecule has 0 aliphatic carbocycles. The maximum absolute atomic E-state index is 12.3. The smallest absolute Gasteiger partial charge is 0.270 e. The first kappa shape index (κ1) is 14.8. The highest BCUT2D eigenvalue weighted by molar-refractivity contribution is 7.22. The van der Waals surface area contributed by atoms with Gasteiger partial charge in [0, 0.05) is 18.0 Å². The summed E-state index contributed by atoms with van der Waals surface area (Å²) in [6, 6.07) is 10.3. The van der Waals surface area contributed by atoms with Gasteiger partial charge in [-0.05, 0) is 32.4 Å². The SMILES string of the molecule is CCN(CC)c1nc2cc(-c3ccc(C)cc3)sc2c(=O)[nH]1. The van der Waals surface area contributed by atoms with E-state index in [1.165, 1.54) is 16.9 Å². The van der Waals surface area contributed by atoms with Crippen molar-refractivity contribution in [3.63, 3.8) is 0 Å². The van der Waals surface area contributed by atoms with Crippen LogP contribution in [0.15, 0.2) is 35.1 Å². The van der Waals surface area contributed by atoms with Crippen LogP contribution in [-0.4, -0.2) is 23.1 Å². The van der Waals surface area contributed by atoms with Gasteiger partial charge >= 0.3 is 0 Å². The zero-order valence-corrected chi connectivity index (χ0v) is 13.8. The predicted molar refractivity (Wildman–Crippen MR) is 94.0 cm³/mol. The Morgan fingerprint density at radius 1 is 1.18 bits per heavy atom. The molecule has 5 heteroatoms. The van der Waals surface area contributed by atoms with Crippen LogP contribution in [0.1, 0.15) is 19.4 Å². The summed E-state index contributed by atoms with van der Waals surface area (Å²) in [4.78, 5) is 23.0. The summed E-state index contributed by atoms with van der Waals surface area (Å²) in [7, 11) is 0. The summed E-state index contributed by atoms with van der Waals surface area (Å²) >= 11 is 1.49. The van der Waals surface area contributed by atoms with Gasteiger partial charge in [0.1, 0.15) is 4.70 Å². The van der Waals surface area contributed by atoms with Gasteiger partial charge in [-0.15, -0.1) is 11.3 Å². The van der Waals surface area contributed by atoms with Crippen molar-refractivity contribution in [1.82, 2.24) is 9.97 Å². The number of H-pyrrole nitrogens is 1. The van der Waals surface area contributed by atoms with Gasteiger partial charge in [0.15, 0.2) is 0 Å². The van der Waals surface area contributed by atoms with Crippen molar-refractivity contribution in [2.45, 2.75) is 20.8 Å². The van der Waals surface area contributed by atoms with Crippen molar-refractivity contribution in [2.75, 3.05) is 18.0 Å². The summed E-state index contributed by atoms with van der Waals surface area (Å²) in [6.45, 7) is 7.81. The molecular weight excluding hydrogens is 294 g/mol. The van der Waals surface area contributed by atoms with Crippen molar-refractivity contribution in [2.24, 2.45) is 0 Å². The largest absolute Gasteiger partial charge is 0.343 e. The minimum absolute atomic E-state index is 0.0599. The number of aryl methyl sites for hydroxylation is 1. The molecule has 4 nitrogen and oxygen atoms in total. The zero-order valence-electron chi connectivity index (χ0n) is 13.0. The van der Waals surface area contributed by atoms with Crippen molar-refractivity contribution in [1.29, 1.82) is 0 Å². The Hall–Kier alpha value is -2.14. The van der Waals surface area contributed by atoms with E-state index >= 15 is 0 Å². The first-order valence-electron chi connectivity index (χ1n) is 7.48. The summed E-state index contributed by atoms with van der Waals surface area (Å²) in [5.74, 6) is 0.649. The lowest BCUT2D eigenvalue weighted by molar-refractivity contribution is 0.823. The standard InChI is InChI=1S/C17H19N3OS/c1-4-20(5-2)17-18-13-10-14(22-15(13)16(21)19-17)12-8-6-11(3)7-9-12/h6-10H,4-5H2,1-3H3,(H,18,19,21). The maximum Gasteiger partial charge on any atom is 0.270 e. The van der Waals surface area contributed by atoms with E-state index in [4.69, 9.17) is 0 Å². The minimum Gasteiger partial charge on any atom is -0.343 e. The summed E-state index contributed by atoms with van der Waals surface area (Å²) in [5, 5.41) is 0. The minimum atomic E-state index is -0.0599. The molecule has 1 aromatic carbocycles. The number of anilines is 1. The molecule has 0 atom stereocenters. The molecular formula is C17H19N3OS. The van der Waals surface area contributed by atoms with E-state index in [1.807, 2.05) is 11.0 Å². The summed E-state index contributed by atoms with van der Waals surface area (Å²) in [5.41, 5.74) is 3.06. The second kappa shape index (κ2) is 5.93. The van der Waals surface area contributed by atoms with Gasteiger partial charge in [-0.2, -0.15) is 0 Å². The lowest BCUT2D eigenvalue weighted by Crippen LogP contribution is -2.26. The van der Waals surface area contributed by atoms with E-state index in [9.17, 15) is 4.79 Å². The molecule has 114 valence electrons. The van der Waals surface area contributed by atoms with E-state index in [0.717, 1.165) is 29.0 Å². The molecule has 2 heterocycles. The first-order valence-corrected chi connectivity index (χ1v) is 8.30. The van der Waals surface area contributed by atoms with Crippen LogP contribution in [0.4, 0.5) is 5.95 Å². The Bertz CT molecular complexity index is 844. The normalized spacial score (nSPS) is 11.0. The third-order valence-electron chi connectivity index (χ3n) is 3.77. The lowest BCUT2D eigenvalue weighted by atomic mass is 10.1. The van der Waals surface area contributed by atoms with Crippen LogP contribution in [0.25, 0.3) is 20.7 Å². The zero-order chi connectivity index (χ0) is 15.7. The van der Waals surface area contributed by atoms with E-state index < -0.39 is 0 Å². The van der Waals surface area contributed by atoms with Gasteiger partial charge in [0.25, 0.3) is 5.56 Å². The Balaban J connectivity index is 2.11. The number of nitrogens with zero attached hydrogens (tertiary/aromatic N) is 2. The van der Waals surface area contributed by atoms with Crippen LogP contribution in [-0.2, 0) is 0 Å². The maximum atomic E-state index is 12.3. The van der Waals surface area contributed by atoms with Gasteiger partial charge in [0.2, 0.25) is 5.95 Å². The number of benzene rings is 1. The van der Waals surface area contributed by atoms with E-state index in [-0.39, 0.29) is 5.56 Å². The van der Waals surface area contributed by atoms with Crippen molar-refractivity contribution in [3.05, 3.63) is 46.2 Å². The van der Waals surface area contributed by atoms with Crippen LogP contribution in [0.2, 0.25) is 0 Å². The number of rotatable bonds is 4. The molecule has 2 aromatic heterocycles. The van der Waals surface area contributed by atoms with Gasteiger partial charge in [-0.25, -0.2) is 4.98 Å². The number of aromatic nitrogens is 2. The van der Waals surface area contributed by atoms with Gasteiger partial charge in [-0.3, -0.25) is 9.78 Å². The number of nitrogens with one attached hydrogen (secondary N) is 1. The summed E-state index contributed by atoms with van der Waals surface area (Å²) < 4.78 is 0.687. The fourth-order valence-electron chi connectivity index (χ4n) is 2.46. The average molecular weight is 313 g/mol. The van der Waals surface area contributed by atoms with Crippen molar-refractivity contribution < 1.29 is 0 Å². The molecule has 22 heavy (non-hydrogen) atoms. The molecule has 0 radical (unpaired) electrons. The van der Waals surface area contributed by atoms with E-state index in [1.54, 1.807) is 0 Å². The van der Waals surface area contributed by atoms with Crippen LogP contribution in [0.5, 0.6) is 0 Å². The van der Waals surface area contributed by atoms with Gasteiger partial charge in [-0.1, -0.05) is 29.8 Å². The van der Waals surface area contributed by atoms with Crippen LogP contribution in [0, 0.1) is 6.92 Å². The molecule has 0 bridgehead atoms. The molecule has 1 N–H and O–H groups in total. The molecule has 0 spiro atoms. The predicted octanol–water partition coefficient (Wildman–Crippen LogP) is 3.81. The Labute approximate surface area is 133 Å². The Morgan fingerprint density at radius 3 is 2.50 bits per heavy atom. The molecule has 0 aliphatic heterocycles. The van der Waals surface area contributed by atoms with Crippen molar-refractivity contribution >= 4 is 27.5 Å². The molecule has 0 amide bonds. The quantitative estimate of drug-likeness (QED) is 0.797. The second-order valence-electron chi connectivity index (χ2n) is 5.25. The van der Waals surface area contributed by atoms with Gasteiger partial charge < -0.3 is 4.90 Å². The Kier molecular flexibility index (Phi) is 3.98. The first-order chi connectivity index (χ1) is 10.6. The molecule has 0 aliphatic rings. The van der Waals surface area contributed by atoms with Crippen molar-refractivity contribution in [3.8, 4) is 10.4 Å². The number of hydrogen-bond donors (Lipinski definition) is 1. The highest BCUT2D eigenvalue weighted by Crippen LogP contribution is 2.31. The summed E-state index contributed by atoms with van der Waals surface area (Å²) in [6.07, 6.45) is 0. The average Bonchev–Trinajstić information content (AvgIpc) is 2.94. The molecule has 3 aromatic rings. The van der Waals surface area contributed by atoms with Gasteiger partial charge in [0.05, 0.1) is 5.52 Å². The highest BCUT2D eigenvalue weighted by Gasteiger charge is 2.12. The third kappa shape index (κ3) is 2.64. The molecule has 3 rings (SSSR count). The fraction of sp³-hybridized carbons (Fsp3) is 0.294. The second-order valence-corrected chi connectivity index (χ2v) is 6.31. The monoisotopic (exact) mass is 313 g/mol. The Morgan fingerprint density at radius 2 is 1.86 bits per heavy atom. The number of aromatic amines is 1. The molecule has 0 saturated heterocycles. The molecule has 0 saturated carbocycles. The fourth-order valence-corrected chi connectivity index (χ4v) is 3.46. The topological polar surface area (TPSA) is 49.0 Å². The van der Waals surface area contributed by atoms with Crippen LogP contribution in [0.3, 0.4) is 0 Å². The molecule has 0 fully saturated rings. The number of thiophene rings is 1.